The molecule has 2 aromatic rings. The second kappa shape index (κ2) is 5.58. The lowest BCUT2D eigenvalue weighted by Gasteiger charge is -2.33. The van der Waals surface area contributed by atoms with Crippen LogP contribution in [0.5, 0.6) is 0 Å². The molecule has 0 spiro atoms. The van der Waals surface area contributed by atoms with E-state index in [9.17, 15) is 4.39 Å². The molecule has 0 fully saturated rings. The van der Waals surface area contributed by atoms with Gasteiger partial charge < -0.3 is 10.5 Å². The molecule has 2 N–H and O–H groups in total. The minimum absolute atomic E-state index is 0.00463. The molecule has 110 valence electrons. The topological polar surface area (TPSA) is 35.2 Å². The van der Waals surface area contributed by atoms with Gasteiger partial charge in [0.05, 0.1) is 12.7 Å². The fourth-order valence-electron chi connectivity index (χ4n) is 2.98. The third kappa shape index (κ3) is 2.99. The summed E-state index contributed by atoms with van der Waals surface area (Å²) in [6.07, 6.45) is 1.62. The highest BCUT2D eigenvalue weighted by molar-refractivity contribution is 5.32. The Balaban J connectivity index is 1.84. The van der Waals surface area contributed by atoms with E-state index in [4.69, 9.17) is 10.5 Å². The molecule has 2 nitrogen and oxygen atoms in total. The van der Waals surface area contributed by atoms with E-state index in [1.807, 2.05) is 13.0 Å². The van der Waals surface area contributed by atoms with Gasteiger partial charge in [-0.25, -0.2) is 4.39 Å². The van der Waals surface area contributed by atoms with Gasteiger partial charge in [-0.3, -0.25) is 0 Å². The first-order chi connectivity index (χ1) is 10.1. The number of hydrogen-bond acceptors (Lipinski definition) is 2. The molecule has 0 aromatic heterocycles. The lowest BCUT2D eigenvalue weighted by Crippen LogP contribution is -2.36. The third-order valence-corrected chi connectivity index (χ3v) is 4.21. The Labute approximate surface area is 124 Å². The van der Waals surface area contributed by atoms with Crippen LogP contribution in [-0.2, 0) is 16.7 Å². The van der Waals surface area contributed by atoms with Crippen molar-refractivity contribution in [2.45, 2.75) is 31.4 Å². The Kier molecular flexibility index (Phi) is 3.79. The summed E-state index contributed by atoms with van der Waals surface area (Å²) in [4.78, 5) is 0. The van der Waals surface area contributed by atoms with Crippen LogP contribution in [0.25, 0.3) is 0 Å². The molecular weight excluding hydrogens is 265 g/mol. The molecule has 3 heteroatoms. The van der Waals surface area contributed by atoms with Gasteiger partial charge in [0.1, 0.15) is 5.82 Å². The third-order valence-electron chi connectivity index (χ3n) is 4.21. The van der Waals surface area contributed by atoms with E-state index in [1.165, 1.54) is 23.3 Å². The lowest BCUT2D eigenvalue weighted by molar-refractivity contribution is 0.0222. The SMILES string of the molecule is CC(N)(CC1OCCc2ccccc21)c1ccc(F)cc1. The van der Waals surface area contributed by atoms with Crippen LogP contribution in [0.15, 0.2) is 48.5 Å². The van der Waals surface area contributed by atoms with Gasteiger partial charge in [-0.15, -0.1) is 0 Å². The van der Waals surface area contributed by atoms with Gasteiger partial charge in [0.25, 0.3) is 0 Å². The normalized spacial score (nSPS) is 20.6. The van der Waals surface area contributed by atoms with Gasteiger partial charge >= 0.3 is 0 Å². The van der Waals surface area contributed by atoms with E-state index in [2.05, 4.69) is 18.2 Å². The van der Waals surface area contributed by atoms with Gasteiger partial charge in [-0.05, 0) is 48.6 Å². The average molecular weight is 285 g/mol. The van der Waals surface area contributed by atoms with Crippen molar-refractivity contribution in [3.8, 4) is 0 Å². The van der Waals surface area contributed by atoms with Crippen molar-refractivity contribution in [2.75, 3.05) is 6.61 Å². The molecule has 0 saturated heterocycles. The van der Waals surface area contributed by atoms with E-state index in [0.717, 1.165) is 18.6 Å². The van der Waals surface area contributed by atoms with Crippen molar-refractivity contribution >= 4 is 0 Å². The van der Waals surface area contributed by atoms with Crippen molar-refractivity contribution in [3.63, 3.8) is 0 Å². The molecule has 1 aliphatic heterocycles. The predicted molar refractivity (Wildman–Crippen MR) is 81.4 cm³/mol. The number of fused-ring (bicyclic) bond motifs is 1. The Morgan fingerprint density at radius 3 is 2.67 bits per heavy atom. The number of benzene rings is 2. The van der Waals surface area contributed by atoms with E-state index < -0.39 is 5.54 Å². The number of halogens is 1. The van der Waals surface area contributed by atoms with Gasteiger partial charge in [0.2, 0.25) is 0 Å². The first-order valence-corrected chi connectivity index (χ1v) is 7.30. The molecular formula is C18H20FNO. The smallest absolute Gasteiger partial charge is 0.123 e. The maximum Gasteiger partial charge on any atom is 0.123 e. The second-order valence-corrected chi connectivity index (χ2v) is 5.94. The first-order valence-electron chi connectivity index (χ1n) is 7.30. The number of nitrogens with two attached hydrogens (primary N) is 1. The highest BCUT2D eigenvalue weighted by Gasteiger charge is 2.30. The van der Waals surface area contributed by atoms with E-state index in [1.54, 1.807) is 12.1 Å². The van der Waals surface area contributed by atoms with Gasteiger partial charge in [-0.1, -0.05) is 36.4 Å². The summed E-state index contributed by atoms with van der Waals surface area (Å²) in [5.74, 6) is -0.242. The largest absolute Gasteiger partial charge is 0.373 e. The van der Waals surface area contributed by atoms with Crippen LogP contribution >= 0.6 is 0 Å². The zero-order valence-corrected chi connectivity index (χ0v) is 12.2. The molecule has 0 radical (unpaired) electrons. The first kappa shape index (κ1) is 14.2. The van der Waals surface area contributed by atoms with Crippen molar-refractivity contribution in [1.82, 2.24) is 0 Å². The standard InChI is InChI=1S/C18H20FNO/c1-18(20,14-6-8-15(19)9-7-14)12-17-16-5-3-2-4-13(16)10-11-21-17/h2-9,17H,10-12,20H2,1H3. The van der Waals surface area contributed by atoms with Crippen LogP contribution in [0.2, 0.25) is 0 Å². The molecule has 21 heavy (non-hydrogen) atoms. The molecule has 0 bridgehead atoms. The zero-order valence-electron chi connectivity index (χ0n) is 12.2. The minimum Gasteiger partial charge on any atom is -0.373 e. The van der Waals surface area contributed by atoms with Gasteiger partial charge in [-0.2, -0.15) is 0 Å². The maximum atomic E-state index is 13.1. The van der Waals surface area contributed by atoms with Crippen LogP contribution in [-0.4, -0.2) is 6.61 Å². The summed E-state index contributed by atoms with van der Waals surface area (Å²) >= 11 is 0. The van der Waals surface area contributed by atoms with E-state index in [-0.39, 0.29) is 11.9 Å². The Morgan fingerprint density at radius 1 is 1.19 bits per heavy atom. The van der Waals surface area contributed by atoms with Crippen LogP contribution < -0.4 is 5.73 Å². The maximum absolute atomic E-state index is 13.1. The van der Waals surface area contributed by atoms with Crippen LogP contribution in [0, 0.1) is 5.82 Å². The van der Waals surface area contributed by atoms with Gasteiger partial charge in [0.15, 0.2) is 0 Å². The lowest BCUT2D eigenvalue weighted by atomic mass is 9.83. The number of rotatable bonds is 3. The highest BCUT2D eigenvalue weighted by atomic mass is 19.1. The van der Waals surface area contributed by atoms with Crippen LogP contribution in [0.4, 0.5) is 4.39 Å². The van der Waals surface area contributed by atoms with Crippen molar-refractivity contribution in [2.24, 2.45) is 5.73 Å². The Hall–Kier alpha value is -1.71. The fourth-order valence-corrected chi connectivity index (χ4v) is 2.98. The molecule has 1 heterocycles. The Morgan fingerprint density at radius 2 is 1.90 bits per heavy atom. The number of ether oxygens (including phenoxy) is 1. The summed E-state index contributed by atoms with van der Waals surface area (Å²) in [5, 5.41) is 0. The van der Waals surface area contributed by atoms with Crippen LogP contribution in [0.1, 0.15) is 36.1 Å². The Bertz CT molecular complexity index is 621. The average Bonchev–Trinajstić information content (AvgIpc) is 2.48. The quantitative estimate of drug-likeness (QED) is 0.933. The van der Waals surface area contributed by atoms with Crippen molar-refractivity contribution in [1.29, 1.82) is 0 Å². The molecule has 3 rings (SSSR count). The monoisotopic (exact) mass is 285 g/mol. The zero-order chi connectivity index (χ0) is 14.9. The summed E-state index contributed by atoms with van der Waals surface area (Å²) in [5.41, 5.74) is 9.41. The molecule has 2 aromatic carbocycles. The number of hydrogen-bond donors (Lipinski definition) is 1. The summed E-state index contributed by atoms with van der Waals surface area (Å²) in [6.45, 7) is 2.70. The highest BCUT2D eigenvalue weighted by Crippen LogP contribution is 2.36. The van der Waals surface area contributed by atoms with Gasteiger partial charge in [0, 0.05) is 5.54 Å². The second-order valence-electron chi connectivity index (χ2n) is 5.94. The van der Waals surface area contributed by atoms with Crippen molar-refractivity contribution in [3.05, 3.63) is 71.0 Å². The molecule has 2 atom stereocenters. The van der Waals surface area contributed by atoms with E-state index >= 15 is 0 Å². The molecule has 0 aliphatic carbocycles. The van der Waals surface area contributed by atoms with Crippen molar-refractivity contribution < 1.29 is 9.13 Å². The molecule has 0 amide bonds. The summed E-state index contributed by atoms with van der Waals surface area (Å²) < 4.78 is 19.0. The fraction of sp³-hybridized carbons (Fsp3) is 0.333. The minimum atomic E-state index is -0.553. The molecule has 2 unspecified atom stereocenters. The summed E-state index contributed by atoms with van der Waals surface area (Å²) in [7, 11) is 0. The predicted octanol–water partition coefficient (Wildman–Crippen LogP) is 3.70. The van der Waals surface area contributed by atoms with E-state index in [0.29, 0.717) is 6.42 Å². The molecule has 0 saturated carbocycles. The molecule has 1 aliphatic rings. The summed E-state index contributed by atoms with van der Waals surface area (Å²) in [6, 6.07) is 14.8. The van der Waals surface area contributed by atoms with Crippen LogP contribution in [0.3, 0.4) is 0 Å².